The van der Waals surface area contributed by atoms with Gasteiger partial charge in [-0.2, -0.15) is 0 Å². The average molecular weight is 358 g/mol. The Morgan fingerprint density at radius 3 is 2.46 bits per heavy atom. The molecule has 1 aromatic heterocycles. The average Bonchev–Trinajstić information content (AvgIpc) is 3.13. The second-order valence-electron chi connectivity index (χ2n) is 6.49. The topological polar surface area (TPSA) is 82.7 Å². The van der Waals surface area contributed by atoms with Gasteiger partial charge in [-0.15, -0.1) is 0 Å². The van der Waals surface area contributed by atoms with Crippen molar-refractivity contribution >= 4 is 5.96 Å². The number of nitrogens with one attached hydrogen (secondary N) is 2. The molecule has 0 saturated carbocycles. The molecule has 1 heterocycles. The summed E-state index contributed by atoms with van der Waals surface area (Å²) in [5.41, 5.74) is 2.19. The minimum Gasteiger partial charge on any atom is -0.444 e. The Morgan fingerprint density at radius 1 is 1.15 bits per heavy atom. The van der Waals surface area contributed by atoms with E-state index < -0.39 is 5.60 Å². The Balaban J connectivity index is 2.01. The molecular weight excluding hydrogens is 328 g/mol. The van der Waals surface area contributed by atoms with E-state index in [1.807, 2.05) is 52.0 Å². The minimum atomic E-state index is -0.720. The lowest BCUT2D eigenvalue weighted by atomic mass is 9.98. The molecule has 0 unspecified atom stereocenters. The van der Waals surface area contributed by atoms with Crippen molar-refractivity contribution < 1.29 is 9.52 Å². The lowest BCUT2D eigenvalue weighted by Crippen LogP contribution is -2.46. The van der Waals surface area contributed by atoms with Crippen LogP contribution in [0.25, 0.3) is 11.5 Å². The van der Waals surface area contributed by atoms with E-state index >= 15 is 0 Å². The number of guanidine groups is 1. The molecule has 0 aliphatic heterocycles. The van der Waals surface area contributed by atoms with Gasteiger partial charge >= 0.3 is 0 Å². The number of aliphatic imine (C=N–C) groups is 1. The summed E-state index contributed by atoms with van der Waals surface area (Å²) in [7, 11) is 0. The van der Waals surface area contributed by atoms with Crippen molar-refractivity contribution in [2.24, 2.45) is 4.99 Å². The molecule has 2 rings (SSSR count). The second-order valence-corrected chi connectivity index (χ2v) is 6.49. The molecule has 0 fully saturated rings. The highest BCUT2D eigenvalue weighted by Crippen LogP contribution is 2.19. The summed E-state index contributed by atoms with van der Waals surface area (Å²) in [6.45, 7) is 9.63. The molecule has 0 bridgehead atoms. The van der Waals surface area contributed by atoms with Gasteiger partial charge in [-0.05, 0) is 38.8 Å². The molecule has 6 nitrogen and oxygen atoms in total. The summed E-state index contributed by atoms with van der Waals surface area (Å²) < 4.78 is 5.57. The number of oxazole rings is 1. The maximum atomic E-state index is 10.4. The number of hydrogen-bond acceptors (Lipinski definition) is 4. The number of benzene rings is 1. The van der Waals surface area contributed by atoms with Crippen molar-refractivity contribution in [1.82, 2.24) is 15.6 Å². The van der Waals surface area contributed by atoms with Gasteiger partial charge in [-0.25, -0.2) is 9.98 Å². The molecule has 0 saturated heterocycles. The molecule has 0 radical (unpaired) electrons. The summed E-state index contributed by atoms with van der Waals surface area (Å²) in [5, 5.41) is 16.8. The molecule has 142 valence electrons. The normalized spacial score (nSPS) is 12.3. The standard InChI is InChI=1S/C20H30N4O2/c1-5-20(25,6-2)14-23-19(21-7-3)22-12-17-13-26-18(24-17)16-10-8-15(4)9-11-16/h8-11,13,25H,5-7,12,14H2,1-4H3,(H2,21,22,23). The second kappa shape index (κ2) is 9.38. The zero-order valence-electron chi connectivity index (χ0n) is 16.2. The maximum absolute atomic E-state index is 10.4. The van der Waals surface area contributed by atoms with Crippen LogP contribution in [-0.4, -0.2) is 34.7 Å². The van der Waals surface area contributed by atoms with E-state index in [2.05, 4.69) is 20.6 Å². The Hall–Kier alpha value is -2.34. The number of rotatable bonds is 8. The van der Waals surface area contributed by atoms with Crippen LogP contribution < -0.4 is 10.6 Å². The van der Waals surface area contributed by atoms with E-state index in [9.17, 15) is 5.11 Å². The van der Waals surface area contributed by atoms with Crippen LogP contribution in [0.4, 0.5) is 0 Å². The van der Waals surface area contributed by atoms with Crippen LogP contribution in [0.2, 0.25) is 0 Å². The summed E-state index contributed by atoms with van der Waals surface area (Å²) in [5.74, 6) is 1.26. The number of aromatic nitrogens is 1. The summed E-state index contributed by atoms with van der Waals surface area (Å²) in [4.78, 5) is 9.04. The number of nitrogens with zero attached hydrogens (tertiary/aromatic N) is 2. The highest BCUT2D eigenvalue weighted by Gasteiger charge is 2.22. The SMILES string of the molecule is CCNC(=NCc1coc(-c2ccc(C)cc2)n1)NCC(O)(CC)CC. The molecular formula is C20H30N4O2. The van der Waals surface area contributed by atoms with Crippen LogP contribution in [0.3, 0.4) is 0 Å². The van der Waals surface area contributed by atoms with Gasteiger partial charge < -0.3 is 20.2 Å². The highest BCUT2D eigenvalue weighted by atomic mass is 16.3. The third kappa shape index (κ3) is 5.59. The van der Waals surface area contributed by atoms with Crippen LogP contribution in [0.1, 0.15) is 44.9 Å². The molecule has 26 heavy (non-hydrogen) atoms. The summed E-state index contributed by atoms with van der Waals surface area (Å²) >= 11 is 0. The summed E-state index contributed by atoms with van der Waals surface area (Å²) in [6.07, 6.45) is 3.02. The fourth-order valence-electron chi connectivity index (χ4n) is 2.46. The van der Waals surface area contributed by atoms with Crippen molar-refractivity contribution in [3.63, 3.8) is 0 Å². The van der Waals surface area contributed by atoms with E-state index in [1.165, 1.54) is 5.56 Å². The zero-order chi connectivity index (χ0) is 19.0. The minimum absolute atomic E-state index is 0.404. The van der Waals surface area contributed by atoms with Crippen molar-refractivity contribution in [3.05, 3.63) is 41.8 Å². The molecule has 0 aliphatic carbocycles. The van der Waals surface area contributed by atoms with E-state index in [0.717, 1.165) is 17.8 Å². The van der Waals surface area contributed by atoms with Crippen LogP contribution >= 0.6 is 0 Å². The van der Waals surface area contributed by atoms with Crippen LogP contribution in [0.15, 0.2) is 39.9 Å². The van der Waals surface area contributed by atoms with Crippen LogP contribution in [0, 0.1) is 6.92 Å². The number of hydrogen-bond donors (Lipinski definition) is 3. The summed E-state index contributed by atoms with van der Waals surface area (Å²) in [6, 6.07) is 8.06. The highest BCUT2D eigenvalue weighted by molar-refractivity contribution is 5.79. The number of aryl methyl sites for hydroxylation is 1. The number of aliphatic hydroxyl groups is 1. The van der Waals surface area contributed by atoms with Gasteiger partial charge in [0.25, 0.3) is 0 Å². The van der Waals surface area contributed by atoms with Gasteiger partial charge in [0.2, 0.25) is 5.89 Å². The molecule has 0 aliphatic rings. The van der Waals surface area contributed by atoms with E-state index in [1.54, 1.807) is 6.26 Å². The molecule has 3 N–H and O–H groups in total. The predicted molar refractivity (Wildman–Crippen MR) is 105 cm³/mol. The van der Waals surface area contributed by atoms with E-state index in [-0.39, 0.29) is 0 Å². The Labute approximate surface area is 155 Å². The van der Waals surface area contributed by atoms with E-state index in [4.69, 9.17) is 4.42 Å². The van der Waals surface area contributed by atoms with Crippen molar-refractivity contribution in [1.29, 1.82) is 0 Å². The van der Waals surface area contributed by atoms with Crippen molar-refractivity contribution in [3.8, 4) is 11.5 Å². The van der Waals surface area contributed by atoms with Gasteiger partial charge in [0.1, 0.15) is 12.0 Å². The van der Waals surface area contributed by atoms with Crippen molar-refractivity contribution in [2.45, 2.75) is 52.7 Å². The Kier molecular flexibility index (Phi) is 7.21. The predicted octanol–water partition coefficient (Wildman–Crippen LogP) is 3.26. The molecule has 6 heteroatoms. The molecule has 2 aromatic rings. The van der Waals surface area contributed by atoms with Gasteiger partial charge in [0.05, 0.1) is 12.1 Å². The first-order valence-corrected chi connectivity index (χ1v) is 9.25. The first-order valence-electron chi connectivity index (χ1n) is 9.25. The fourth-order valence-corrected chi connectivity index (χ4v) is 2.46. The van der Waals surface area contributed by atoms with Gasteiger partial charge in [0, 0.05) is 18.7 Å². The smallest absolute Gasteiger partial charge is 0.226 e. The van der Waals surface area contributed by atoms with Gasteiger partial charge in [0.15, 0.2) is 5.96 Å². The monoisotopic (exact) mass is 358 g/mol. The third-order valence-corrected chi connectivity index (χ3v) is 4.49. The lowest BCUT2D eigenvalue weighted by Gasteiger charge is -2.26. The fraction of sp³-hybridized carbons (Fsp3) is 0.500. The van der Waals surface area contributed by atoms with Gasteiger partial charge in [-0.1, -0.05) is 31.5 Å². The van der Waals surface area contributed by atoms with Gasteiger partial charge in [-0.3, -0.25) is 0 Å². The molecule has 0 atom stereocenters. The first-order chi connectivity index (χ1) is 12.5. The molecule has 1 aromatic carbocycles. The third-order valence-electron chi connectivity index (χ3n) is 4.49. The van der Waals surface area contributed by atoms with Crippen LogP contribution in [-0.2, 0) is 6.54 Å². The Morgan fingerprint density at radius 2 is 1.85 bits per heavy atom. The molecule has 0 amide bonds. The van der Waals surface area contributed by atoms with E-state index in [0.29, 0.717) is 37.8 Å². The quantitative estimate of drug-likeness (QED) is 0.498. The van der Waals surface area contributed by atoms with Crippen LogP contribution in [0.5, 0.6) is 0 Å². The first kappa shape index (κ1) is 20.0. The maximum Gasteiger partial charge on any atom is 0.226 e. The largest absolute Gasteiger partial charge is 0.444 e. The molecule has 0 spiro atoms. The lowest BCUT2D eigenvalue weighted by molar-refractivity contribution is 0.0367. The Bertz CT molecular complexity index is 703. The van der Waals surface area contributed by atoms with Crippen molar-refractivity contribution in [2.75, 3.05) is 13.1 Å². The zero-order valence-corrected chi connectivity index (χ0v) is 16.2.